The Balaban J connectivity index is 1.84. The Labute approximate surface area is 116 Å². The number of hydrazone groups is 1. The second-order valence-electron chi connectivity index (χ2n) is 5.41. The van der Waals surface area contributed by atoms with Crippen LogP contribution in [0.15, 0.2) is 5.10 Å². The van der Waals surface area contributed by atoms with Crippen molar-refractivity contribution >= 4 is 23.5 Å². The zero-order chi connectivity index (χ0) is 14.3. The molecule has 1 aliphatic carbocycles. The van der Waals surface area contributed by atoms with Crippen LogP contribution in [0.2, 0.25) is 0 Å². The summed E-state index contributed by atoms with van der Waals surface area (Å²) in [4.78, 5) is 37.8. The molecule has 0 aromatic heterocycles. The van der Waals surface area contributed by atoms with Gasteiger partial charge >= 0.3 is 5.97 Å². The maximum Gasteiger partial charge on any atom is 0.355 e. The van der Waals surface area contributed by atoms with Crippen molar-refractivity contribution in [2.45, 2.75) is 44.2 Å². The Kier molecular flexibility index (Phi) is 3.19. The molecule has 1 N–H and O–H groups in total. The molecule has 2 heterocycles. The molecule has 2 amide bonds. The number of hydrogen-bond acceptors (Lipinski definition) is 6. The minimum absolute atomic E-state index is 0.00848. The lowest BCUT2D eigenvalue weighted by Gasteiger charge is -2.30. The van der Waals surface area contributed by atoms with Crippen LogP contribution < -0.4 is 5.43 Å². The summed E-state index contributed by atoms with van der Waals surface area (Å²) in [6, 6.07) is -0.770. The summed E-state index contributed by atoms with van der Waals surface area (Å²) < 4.78 is 4.61. The van der Waals surface area contributed by atoms with E-state index in [0.717, 1.165) is 32.1 Å². The van der Waals surface area contributed by atoms with Gasteiger partial charge in [0, 0.05) is 6.04 Å². The van der Waals surface area contributed by atoms with E-state index in [0.29, 0.717) is 0 Å². The van der Waals surface area contributed by atoms with E-state index in [2.05, 4.69) is 15.3 Å². The number of fused-ring (bicyclic) bond motifs is 1. The highest BCUT2D eigenvalue weighted by Crippen LogP contribution is 2.32. The summed E-state index contributed by atoms with van der Waals surface area (Å²) >= 11 is 0. The normalized spacial score (nSPS) is 30.1. The van der Waals surface area contributed by atoms with Crippen LogP contribution in [0.5, 0.6) is 0 Å². The molecule has 0 unspecified atom stereocenters. The van der Waals surface area contributed by atoms with Crippen LogP contribution in [0, 0.1) is 5.92 Å². The average molecular weight is 279 g/mol. The van der Waals surface area contributed by atoms with Crippen LogP contribution in [-0.2, 0) is 19.1 Å². The molecular formula is C13H17N3O4. The van der Waals surface area contributed by atoms with Crippen molar-refractivity contribution in [3.63, 3.8) is 0 Å². The van der Waals surface area contributed by atoms with Crippen LogP contribution in [0.1, 0.15) is 32.1 Å². The van der Waals surface area contributed by atoms with Gasteiger partial charge in [0.05, 0.1) is 7.11 Å². The summed E-state index contributed by atoms with van der Waals surface area (Å²) in [5.41, 5.74) is 2.62. The number of imide groups is 1. The van der Waals surface area contributed by atoms with Gasteiger partial charge < -0.3 is 4.74 Å². The maximum absolute atomic E-state index is 12.5. The number of methoxy groups -OCH3 is 1. The predicted molar refractivity (Wildman–Crippen MR) is 68.6 cm³/mol. The van der Waals surface area contributed by atoms with Crippen molar-refractivity contribution in [2.75, 3.05) is 7.11 Å². The number of carbonyl (C=O) groups is 3. The molecule has 7 heteroatoms. The van der Waals surface area contributed by atoms with Crippen LogP contribution in [-0.4, -0.2) is 47.6 Å². The molecule has 0 radical (unpaired) electrons. The molecule has 2 aliphatic heterocycles. The Morgan fingerprint density at radius 3 is 2.60 bits per heavy atom. The molecule has 2 fully saturated rings. The van der Waals surface area contributed by atoms with Gasteiger partial charge in [0.25, 0.3) is 5.91 Å². The van der Waals surface area contributed by atoms with E-state index in [-0.39, 0.29) is 23.6 Å². The number of hydrogen-bond donors (Lipinski definition) is 1. The monoisotopic (exact) mass is 279 g/mol. The third-order valence-corrected chi connectivity index (χ3v) is 4.29. The molecule has 3 aliphatic rings. The van der Waals surface area contributed by atoms with Crippen LogP contribution in [0.25, 0.3) is 0 Å². The highest BCUT2D eigenvalue weighted by molar-refractivity contribution is 6.44. The standard InChI is InChI=1S/C13H17N3O4/c1-20-13(19)10-8-9(14-15-10)12(18)16(11(8)17)7-5-3-2-4-6-7/h7-9,14H,2-6H2,1H3/t8-,9+/m1/s1. The Bertz CT molecular complexity index is 496. The van der Waals surface area contributed by atoms with E-state index in [1.807, 2.05) is 0 Å². The fourth-order valence-corrected chi connectivity index (χ4v) is 3.28. The van der Waals surface area contributed by atoms with E-state index >= 15 is 0 Å². The first kappa shape index (κ1) is 13.1. The molecule has 0 bridgehead atoms. The smallest absolute Gasteiger partial charge is 0.355 e. The highest BCUT2D eigenvalue weighted by Gasteiger charge is 2.56. The van der Waals surface area contributed by atoms with Crippen molar-refractivity contribution in [3.05, 3.63) is 0 Å². The second-order valence-corrected chi connectivity index (χ2v) is 5.41. The molecule has 20 heavy (non-hydrogen) atoms. The number of esters is 1. The Hall–Kier alpha value is -1.92. The summed E-state index contributed by atoms with van der Waals surface area (Å²) in [6.07, 6.45) is 4.90. The van der Waals surface area contributed by atoms with E-state index in [9.17, 15) is 14.4 Å². The van der Waals surface area contributed by atoms with Gasteiger partial charge in [-0.2, -0.15) is 5.10 Å². The van der Waals surface area contributed by atoms with E-state index in [4.69, 9.17) is 0 Å². The lowest BCUT2D eigenvalue weighted by atomic mass is 9.94. The predicted octanol–water partition coefficient (Wildman–Crippen LogP) is -0.195. The number of ether oxygens (including phenoxy) is 1. The molecule has 0 spiro atoms. The summed E-state index contributed by atoms with van der Waals surface area (Å²) in [7, 11) is 1.23. The van der Waals surface area contributed by atoms with Crippen molar-refractivity contribution in [3.8, 4) is 0 Å². The van der Waals surface area contributed by atoms with E-state index < -0.39 is 17.9 Å². The average Bonchev–Trinajstić information content (AvgIpc) is 3.01. The third kappa shape index (κ3) is 1.80. The van der Waals surface area contributed by atoms with Crippen molar-refractivity contribution in [1.29, 1.82) is 0 Å². The van der Waals surface area contributed by atoms with Gasteiger partial charge in [0.15, 0.2) is 5.71 Å². The first-order valence-corrected chi connectivity index (χ1v) is 6.93. The topological polar surface area (TPSA) is 88.1 Å². The van der Waals surface area contributed by atoms with Gasteiger partial charge in [-0.25, -0.2) is 4.79 Å². The van der Waals surface area contributed by atoms with Gasteiger partial charge in [-0.3, -0.25) is 19.9 Å². The van der Waals surface area contributed by atoms with Gasteiger partial charge in [0.1, 0.15) is 12.0 Å². The Morgan fingerprint density at radius 1 is 1.25 bits per heavy atom. The highest BCUT2D eigenvalue weighted by atomic mass is 16.5. The number of amides is 2. The first-order valence-electron chi connectivity index (χ1n) is 6.93. The molecule has 7 nitrogen and oxygen atoms in total. The molecule has 1 saturated carbocycles. The minimum Gasteiger partial charge on any atom is -0.464 e. The minimum atomic E-state index is -0.822. The number of carbonyl (C=O) groups excluding carboxylic acids is 3. The molecule has 3 rings (SSSR count). The van der Waals surface area contributed by atoms with Gasteiger partial charge in [-0.05, 0) is 12.8 Å². The van der Waals surface area contributed by atoms with Gasteiger partial charge in [0.2, 0.25) is 5.91 Å². The number of likely N-dealkylation sites (tertiary alicyclic amines) is 1. The van der Waals surface area contributed by atoms with Crippen LogP contribution in [0.3, 0.4) is 0 Å². The molecular weight excluding hydrogens is 262 g/mol. The van der Waals surface area contributed by atoms with Gasteiger partial charge in [-0.1, -0.05) is 19.3 Å². The van der Waals surface area contributed by atoms with Crippen molar-refractivity contribution < 1.29 is 19.1 Å². The molecule has 1 saturated heterocycles. The second kappa shape index (κ2) is 4.88. The van der Waals surface area contributed by atoms with Crippen molar-refractivity contribution in [2.24, 2.45) is 11.0 Å². The number of rotatable bonds is 2. The first-order chi connectivity index (χ1) is 9.65. The van der Waals surface area contributed by atoms with Crippen LogP contribution >= 0.6 is 0 Å². The van der Waals surface area contributed by atoms with E-state index in [1.165, 1.54) is 12.0 Å². The molecule has 0 aromatic carbocycles. The van der Waals surface area contributed by atoms with E-state index in [1.54, 1.807) is 0 Å². The lowest BCUT2D eigenvalue weighted by molar-refractivity contribution is -0.143. The zero-order valence-electron chi connectivity index (χ0n) is 11.3. The molecule has 2 atom stereocenters. The quantitative estimate of drug-likeness (QED) is 0.559. The summed E-state index contributed by atoms with van der Waals surface area (Å²) in [5, 5.41) is 3.80. The zero-order valence-corrected chi connectivity index (χ0v) is 11.3. The lowest BCUT2D eigenvalue weighted by Crippen LogP contribution is -2.44. The van der Waals surface area contributed by atoms with Crippen molar-refractivity contribution in [1.82, 2.24) is 10.3 Å². The maximum atomic E-state index is 12.5. The summed E-state index contributed by atoms with van der Waals surface area (Å²) in [6.45, 7) is 0. The fraction of sp³-hybridized carbons (Fsp3) is 0.692. The number of nitrogens with zero attached hydrogens (tertiary/aromatic N) is 2. The molecule has 0 aromatic rings. The van der Waals surface area contributed by atoms with Gasteiger partial charge in [-0.15, -0.1) is 0 Å². The third-order valence-electron chi connectivity index (χ3n) is 4.29. The van der Waals surface area contributed by atoms with Crippen LogP contribution in [0.4, 0.5) is 0 Å². The SMILES string of the molecule is COC(=O)C1=NN[C@@H]2C(=O)N(C3CCCCC3)C(=O)[C@@H]12. The number of nitrogens with one attached hydrogen (secondary N) is 1. The largest absolute Gasteiger partial charge is 0.464 e. The summed E-state index contributed by atoms with van der Waals surface area (Å²) in [5.74, 6) is -2.07. The molecule has 108 valence electrons. The fourth-order valence-electron chi connectivity index (χ4n) is 3.28. The Morgan fingerprint density at radius 2 is 1.95 bits per heavy atom.